The molecular formula is C20H24N4O5S. The summed E-state index contributed by atoms with van der Waals surface area (Å²) in [4.78, 5) is 49.4. The highest BCUT2D eigenvalue weighted by atomic mass is 32.1. The van der Waals surface area contributed by atoms with Gasteiger partial charge in [-0.05, 0) is 42.3 Å². The lowest BCUT2D eigenvalue weighted by Crippen LogP contribution is -2.38. The topological polar surface area (TPSA) is 117 Å². The van der Waals surface area contributed by atoms with Gasteiger partial charge in [-0.15, -0.1) is 11.3 Å². The van der Waals surface area contributed by atoms with Crippen LogP contribution in [0.3, 0.4) is 0 Å². The van der Waals surface area contributed by atoms with Crippen LogP contribution in [0.25, 0.3) is 0 Å². The number of anilines is 3. The molecule has 0 aliphatic carbocycles. The normalized spacial score (nSPS) is 10.4. The molecule has 0 bridgehead atoms. The summed E-state index contributed by atoms with van der Waals surface area (Å²) in [7, 11) is 1.28. The van der Waals surface area contributed by atoms with Gasteiger partial charge < -0.3 is 20.7 Å². The molecule has 0 fully saturated rings. The van der Waals surface area contributed by atoms with E-state index in [9.17, 15) is 19.2 Å². The molecule has 3 amide bonds. The van der Waals surface area contributed by atoms with Crippen LogP contribution in [0.15, 0.2) is 35.7 Å². The number of benzene rings is 1. The summed E-state index contributed by atoms with van der Waals surface area (Å²) in [6.07, 6.45) is 0. The maximum absolute atomic E-state index is 12.3. The lowest BCUT2D eigenvalue weighted by Gasteiger charge is -2.19. The third-order valence-corrected chi connectivity index (χ3v) is 4.88. The van der Waals surface area contributed by atoms with Gasteiger partial charge in [0.25, 0.3) is 0 Å². The SMILES string of the molecule is CCN(CC(=O)Nc1ccc(NC(C)=O)cc1)CC(=O)Nc1ccsc1C(=O)OC. The molecule has 30 heavy (non-hydrogen) atoms. The van der Waals surface area contributed by atoms with Crippen LogP contribution in [-0.4, -0.2) is 55.3 Å². The minimum Gasteiger partial charge on any atom is -0.465 e. The maximum Gasteiger partial charge on any atom is 0.350 e. The Morgan fingerprint density at radius 1 is 0.933 bits per heavy atom. The number of methoxy groups -OCH3 is 1. The van der Waals surface area contributed by atoms with Crippen molar-refractivity contribution in [3.63, 3.8) is 0 Å². The third-order valence-electron chi connectivity index (χ3n) is 3.98. The van der Waals surface area contributed by atoms with Crippen LogP contribution in [-0.2, 0) is 19.1 Å². The van der Waals surface area contributed by atoms with Gasteiger partial charge in [0.1, 0.15) is 4.88 Å². The summed E-state index contributed by atoms with van der Waals surface area (Å²) in [5.74, 6) is -1.31. The number of hydrogen-bond donors (Lipinski definition) is 3. The molecule has 0 radical (unpaired) electrons. The van der Waals surface area contributed by atoms with Crippen molar-refractivity contribution < 1.29 is 23.9 Å². The molecule has 0 spiro atoms. The van der Waals surface area contributed by atoms with Gasteiger partial charge in [-0.3, -0.25) is 19.3 Å². The van der Waals surface area contributed by atoms with Gasteiger partial charge in [0.2, 0.25) is 17.7 Å². The van der Waals surface area contributed by atoms with E-state index in [1.807, 2.05) is 6.92 Å². The van der Waals surface area contributed by atoms with Gasteiger partial charge in [0.05, 0.1) is 25.9 Å². The number of nitrogens with one attached hydrogen (secondary N) is 3. The fourth-order valence-electron chi connectivity index (χ4n) is 2.57. The van der Waals surface area contributed by atoms with Crippen LogP contribution < -0.4 is 16.0 Å². The van der Waals surface area contributed by atoms with E-state index in [4.69, 9.17) is 4.74 Å². The minimum atomic E-state index is -0.517. The van der Waals surface area contributed by atoms with E-state index in [0.717, 1.165) is 0 Å². The maximum atomic E-state index is 12.3. The van der Waals surface area contributed by atoms with E-state index in [1.165, 1.54) is 25.4 Å². The molecule has 9 nitrogen and oxygen atoms in total. The van der Waals surface area contributed by atoms with Crippen LogP contribution in [0.2, 0.25) is 0 Å². The lowest BCUT2D eigenvalue weighted by atomic mass is 10.2. The number of esters is 1. The number of nitrogens with zero attached hydrogens (tertiary/aromatic N) is 1. The molecule has 1 aromatic heterocycles. The highest BCUT2D eigenvalue weighted by Gasteiger charge is 2.18. The van der Waals surface area contributed by atoms with Crippen molar-refractivity contribution in [2.45, 2.75) is 13.8 Å². The van der Waals surface area contributed by atoms with Crippen LogP contribution in [0, 0.1) is 0 Å². The fraction of sp³-hybridized carbons (Fsp3) is 0.300. The van der Waals surface area contributed by atoms with E-state index < -0.39 is 5.97 Å². The van der Waals surface area contributed by atoms with Gasteiger partial charge in [-0.2, -0.15) is 0 Å². The molecule has 10 heteroatoms. The molecular weight excluding hydrogens is 408 g/mol. The Morgan fingerprint density at radius 3 is 2.03 bits per heavy atom. The average Bonchev–Trinajstić information content (AvgIpc) is 3.15. The second kappa shape index (κ2) is 11.1. The number of amides is 3. The van der Waals surface area contributed by atoms with Crippen molar-refractivity contribution in [3.8, 4) is 0 Å². The zero-order chi connectivity index (χ0) is 22.1. The molecule has 0 aliphatic heterocycles. The Balaban J connectivity index is 1.88. The molecule has 2 rings (SSSR count). The predicted molar refractivity (Wildman–Crippen MR) is 116 cm³/mol. The van der Waals surface area contributed by atoms with E-state index in [2.05, 4.69) is 16.0 Å². The number of carbonyl (C=O) groups excluding carboxylic acids is 4. The van der Waals surface area contributed by atoms with Gasteiger partial charge in [-0.25, -0.2) is 4.79 Å². The molecule has 0 aliphatic rings. The zero-order valence-electron chi connectivity index (χ0n) is 17.0. The monoisotopic (exact) mass is 432 g/mol. The Morgan fingerprint density at radius 2 is 1.50 bits per heavy atom. The van der Waals surface area contributed by atoms with E-state index in [0.29, 0.717) is 28.5 Å². The first-order chi connectivity index (χ1) is 14.3. The molecule has 0 saturated heterocycles. The number of ether oxygens (including phenoxy) is 1. The number of carbonyl (C=O) groups is 4. The van der Waals surface area contributed by atoms with Crippen LogP contribution in [0.1, 0.15) is 23.5 Å². The largest absolute Gasteiger partial charge is 0.465 e. The molecule has 1 aromatic carbocycles. The zero-order valence-corrected chi connectivity index (χ0v) is 17.8. The molecule has 160 valence electrons. The highest BCUT2D eigenvalue weighted by molar-refractivity contribution is 7.12. The Bertz CT molecular complexity index is 910. The number of rotatable bonds is 9. The standard InChI is InChI=1S/C20H24N4O5S/c1-4-24(12-18(27)23-16-9-10-30-19(16)20(28)29-3)11-17(26)22-15-7-5-14(6-8-15)21-13(2)25/h5-10H,4,11-12H2,1-3H3,(H,21,25)(H,22,26)(H,23,27). The summed E-state index contributed by atoms with van der Waals surface area (Å²) in [5.41, 5.74) is 1.60. The Hall–Kier alpha value is -3.24. The van der Waals surface area contributed by atoms with Crippen LogP contribution in [0.5, 0.6) is 0 Å². The third kappa shape index (κ3) is 6.98. The van der Waals surface area contributed by atoms with E-state index >= 15 is 0 Å². The molecule has 0 saturated carbocycles. The number of likely N-dealkylation sites (N-methyl/N-ethyl adjacent to an activating group) is 1. The quantitative estimate of drug-likeness (QED) is 0.524. The van der Waals surface area contributed by atoms with Gasteiger partial charge in [0, 0.05) is 18.3 Å². The molecule has 3 N–H and O–H groups in total. The Labute approximate surface area is 178 Å². The smallest absolute Gasteiger partial charge is 0.350 e. The number of hydrogen-bond acceptors (Lipinski definition) is 7. The van der Waals surface area contributed by atoms with Crippen molar-refractivity contribution in [2.75, 3.05) is 42.7 Å². The fourth-order valence-corrected chi connectivity index (χ4v) is 3.34. The van der Waals surface area contributed by atoms with Gasteiger partial charge in [0.15, 0.2) is 0 Å². The van der Waals surface area contributed by atoms with Gasteiger partial charge >= 0.3 is 5.97 Å². The molecule has 0 unspecified atom stereocenters. The first-order valence-electron chi connectivity index (χ1n) is 9.17. The van der Waals surface area contributed by atoms with Crippen LogP contribution in [0.4, 0.5) is 17.1 Å². The summed E-state index contributed by atoms with van der Waals surface area (Å²) in [5, 5.41) is 9.76. The summed E-state index contributed by atoms with van der Waals surface area (Å²) in [6.45, 7) is 3.75. The average molecular weight is 433 g/mol. The summed E-state index contributed by atoms with van der Waals surface area (Å²) in [6, 6.07) is 8.35. The second-order valence-electron chi connectivity index (χ2n) is 6.31. The van der Waals surface area contributed by atoms with Crippen LogP contribution >= 0.6 is 11.3 Å². The van der Waals surface area contributed by atoms with Crippen molar-refractivity contribution in [2.24, 2.45) is 0 Å². The van der Waals surface area contributed by atoms with E-state index in [1.54, 1.807) is 40.6 Å². The van der Waals surface area contributed by atoms with Crippen molar-refractivity contribution in [1.82, 2.24) is 4.90 Å². The Kier molecular flexibility index (Phi) is 8.51. The summed E-state index contributed by atoms with van der Waals surface area (Å²) < 4.78 is 4.69. The summed E-state index contributed by atoms with van der Waals surface area (Å²) >= 11 is 1.17. The number of thiophene rings is 1. The lowest BCUT2D eigenvalue weighted by molar-refractivity contribution is -0.120. The van der Waals surface area contributed by atoms with Crippen molar-refractivity contribution >= 4 is 52.1 Å². The second-order valence-corrected chi connectivity index (χ2v) is 7.23. The highest BCUT2D eigenvalue weighted by Crippen LogP contribution is 2.23. The van der Waals surface area contributed by atoms with E-state index in [-0.39, 0.29) is 30.8 Å². The van der Waals surface area contributed by atoms with Crippen molar-refractivity contribution in [3.05, 3.63) is 40.6 Å². The molecule has 2 aromatic rings. The predicted octanol–water partition coefficient (Wildman–Crippen LogP) is 2.39. The minimum absolute atomic E-state index is 0.0121. The van der Waals surface area contributed by atoms with Crippen molar-refractivity contribution in [1.29, 1.82) is 0 Å². The first kappa shape index (κ1) is 23.0. The van der Waals surface area contributed by atoms with Gasteiger partial charge in [-0.1, -0.05) is 6.92 Å². The first-order valence-corrected chi connectivity index (χ1v) is 10.1. The molecule has 0 atom stereocenters. The molecule has 1 heterocycles.